The van der Waals surface area contributed by atoms with Crippen LogP contribution >= 0.6 is 11.3 Å². The van der Waals surface area contributed by atoms with Crippen molar-refractivity contribution in [3.63, 3.8) is 0 Å². The summed E-state index contributed by atoms with van der Waals surface area (Å²) in [4.78, 5) is 41.2. The fraction of sp³-hybridized carbons (Fsp3) is 0.286. The molecule has 2 aliphatic heterocycles. The van der Waals surface area contributed by atoms with E-state index in [4.69, 9.17) is 20.6 Å². The molecule has 2 aliphatic rings. The van der Waals surface area contributed by atoms with E-state index in [1.807, 2.05) is 6.07 Å². The number of carbonyl (C=O) groups is 3. The first-order valence-electron chi connectivity index (χ1n) is 12.6. The van der Waals surface area contributed by atoms with E-state index in [-0.39, 0.29) is 30.9 Å². The quantitative estimate of drug-likeness (QED) is 0.243. The predicted molar refractivity (Wildman–Crippen MR) is 146 cm³/mol. The molecular formula is C28H28FN5O5S. The van der Waals surface area contributed by atoms with Crippen LogP contribution in [0.15, 0.2) is 60.0 Å². The van der Waals surface area contributed by atoms with Crippen LogP contribution < -0.4 is 16.4 Å². The Hall–Kier alpha value is -4.13. The summed E-state index contributed by atoms with van der Waals surface area (Å²) in [5.74, 6) is -3.21. The van der Waals surface area contributed by atoms with Crippen molar-refractivity contribution in [3.05, 3.63) is 81.8 Å². The number of nitrogens with one attached hydrogen (secondary N) is 3. The van der Waals surface area contributed by atoms with E-state index in [0.29, 0.717) is 29.9 Å². The minimum Gasteiger partial charge on any atom is -0.384 e. The van der Waals surface area contributed by atoms with Crippen LogP contribution in [0, 0.1) is 11.2 Å². The lowest BCUT2D eigenvalue weighted by atomic mass is 10.0. The molecule has 1 atom stereocenters. The van der Waals surface area contributed by atoms with Gasteiger partial charge in [-0.05, 0) is 23.8 Å². The minimum absolute atomic E-state index is 0.0354. The number of carbonyl (C=O) groups excluding carboxylic acids is 3. The van der Waals surface area contributed by atoms with Gasteiger partial charge in [-0.15, -0.1) is 11.3 Å². The summed E-state index contributed by atoms with van der Waals surface area (Å²) in [6.45, 7) is 0.536. The maximum atomic E-state index is 14.7. The number of benzene rings is 2. The Kier molecular flexibility index (Phi) is 7.92. The van der Waals surface area contributed by atoms with Crippen LogP contribution in [0.5, 0.6) is 0 Å². The molecule has 2 saturated heterocycles. The van der Waals surface area contributed by atoms with Gasteiger partial charge in [0.15, 0.2) is 5.79 Å². The van der Waals surface area contributed by atoms with Crippen molar-refractivity contribution in [1.29, 1.82) is 5.41 Å². The molecule has 3 aromatic rings. The SMILES string of the molecule is N=C(N)c1csc(CNC(=O)[C@@H]2CC3(CN2C(=O)CNC(=O)c2ccc(-c4ccccc4)c(F)c2)OCCO3)c1. The number of hydrogen-bond acceptors (Lipinski definition) is 7. The Bertz CT molecular complexity index is 1440. The number of amidine groups is 1. The maximum absolute atomic E-state index is 14.7. The number of thiophene rings is 1. The normalized spacial score (nSPS) is 17.6. The van der Waals surface area contributed by atoms with E-state index in [9.17, 15) is 18.8 Å². The van der Waals surface area contributed by atoms with Crippen LogP contribution in [0.3, 0.4) is 0 Å². The molecule has 1 aromatic heterocycles. The minimum atomic E-state index is -1.08. The molecule has 0 saturated carbocycles. The fourth-order valence-electron chi connectivity index (χ4n) is 4.82. The van der Waals surface area contributed by atoms with Crippen molar-refractivity contribution in [2.24, 2.45) is 5.73 Å². The van der Waals surface area contributed by atoms with Crippen LogP contribution in [-0.2, 0) is 25.6 Å². The number of ether oxygens (including phenoxy) is 2. The molecule has 12 heteroatoms. The Labute approximate surface area is 233 Å². The van der Waals surface area contributed by atoms with E-state index < -0.39 is 41.9 Å². The highest BCUT2D eigenvalue weighted by atomic mass is 32.1. The summed E-state index contributed by atoms with van der Waals surface area (Å²) in [5.41, 5.74) is 7.20. The summed E-state index contributed by atoms with van der Waals surface area (Å²) < 4.78 is 26.2. The molecule has 0 unspecified atom stereocenters. The van der Waals surface area contributed by atoms with Crippen molar-refractivity contribution in [3.8, 4) is 11.1 Å². The lowest BCUT2D eigenvalue weighted by Gasteiger charge is -2.24. The highest BCUT2D eigenvalue weighted by Crippen LogP contribution is 2.35. The zero-order valence-corrected chi connectivity index (χ0v) is 22.3. The van der Waals surface area contributed by atoms with E-state index in [0.717, 1.165) is 10.9 Å². The van der Waals surface area contributed by atoms with E-state index in [1.54, 1.807) is 35.7 Å². The molecule has 3 amide bonds. The lowest BCUT2D eigenvalue weighted by Crippen LogP contribution is -2.49. The van der Waals surface area contributed by atoms with Crippen LogP contribution in [0.2, 0.25) is 0 Å². The predicted octanol–water partition coefficient (Wildman–Crippen LogP) is 2.23. The number of halogens is 1. The molecule has 40 heavy (non-hydrogen) atoms. The third-order valence-corrected chi connectivity index (χ3v) is 7.78. The van der Waals surface area contributed by atoms with Crippen molar-refractivity contribution in [2.45, 2.75) is 24.8 Å². The highest BCUT2D eigenvalue weighted by molar-refractivity contribution is 7.10. The first-order chi connectivity index (χ1) is 19.2. The zero-order chi connectivity index (χ0) is 28.3. The van der Waals surface area contributed by atoms with Gasteiger partial charge in [-0.1, -0.05) is 36.4 Å². The molecule has 208 valence electrons. The van der Waals surface area contributed by atoms with Crippen LogP contribution in [-0.4, -0.2) is 66.6 Å². The van der Waals surface area contributed by atoms with Crippen molar-refractivity contribution in [1.82, 2.24) is 15.5 Å². The van der Waals surface area contributed by atoms with E-state index in [1.165, 1.54) is 28.4 Å². The molecule has 5 N–H and O–H groups in total. The molecule has 2 fully saturated rings. The number of rotatable bonds is 8. The number of amides is 3. The lowest BCUT2D eigenvalue weighted by molar-refractivity contribution is -0.152. The monoisotopic (exact) mass is 565 g/mol. The third kappa shape index (κ3) is 5.88. The van der Waals surface area contributed by atoms with Gasteiger partial charge in [0.25, 0.3) is 5.91 Å². The van der Waals surface area contributed by atoms with Gasteiger partial charge in [0.05, 0.1) is 32.8 Å². The van der Waals surface area contributed by atoms with Gasteiger partial charge in [0, 0.05) is 33.4 Å². The molecule has 3 heterocycles. The number of nitrogens with two attached hydrogens (primary N) is 1. The van der Waals surface area contributed by atoms with Crippen LogP contribution in [0.4, 0.5) is 4.39 Å². The van der Waals surface area contributed by atoms with Crippen molar-refractivity contribution in [2.75, 3.05) is 26.3 Å². The second-order valence-electron chi connectivity index (χ2n) is 9.53. The Morgan fingerprint density at radius 1 is 1.07 bits per heavy atom. The van der Waals surface area contributed by atoms with Gasteiger partial charge >= 0.3 is 0 Å². The topological polar surface area (TPSA) is 147 Å². The van der Waals surface area contributed by atoms with Crippen LogP contribution in [0.25, 0.3) is 11.1 Å². The van der Waals surface area contributed by atoms with Gasteiger partial charge in [-0.2, -0.15) is 0 Å². The van der Waals surface area contributed by atoms with E-state index in [2.05, 4.69) is 10.6 Å². The fourth-order valence-corrected chi connectivity index (χ4v) is 5.64. The Balaban J connectivity index is 1.22. The second kappa shape index (κ2) is 11.5. The average Bonchev–Trinajstić information content (AvgIpc) is 3.71. The molecule has 10 nitrogen and oxygen atoms in total. The third-order valence-electron chi connectivity index (χ3n) is 6.85. The standard InChI is InChI=1S/C28H28FN5O5S/c29-22-11-18(6-7-21(22)17-4-2-1-3-5-17)26(36)33-14-24(35)34-16-28(38-8-9-39-28)12-23(34)27(37)32-13-20-10-19(15-40-20)25(30)31/h1-7,10-11,15,23H,8-9,12-14,16H2,(H3,30,31)(H,32,37)(H,33,36)/t23-/m0/s1. The maximum Gasteiger partial charge on any atom is 0.251 e. The Morgan fingerprint density at radius 3 is 2.50 bits per heavy atom. The smallest absolute Gasteiger partial charge is 0.251 e. The summed E-state index contributed by atoms with van der Waals surface area (Å²) in [7, 11) is 0. The van der Waals surface area contributed by atoms with Crippen molar-refractivity contribution < 1.29 is 28.2 Å². The number of likely N-dealkylation sites (tertiary alicyclic amines) is 1. The molecule has 2 aromatic carbocycles. The van der Waals surface area contributed by atoms with Gasteiger partial charge < -0.3 is 30.7 Å². The summed E-state index contributed by atoms with van der Waals surface area (Å²) >= 11 is 1.36. The number of nitrogens with zero attached hydrogens (tertiary/aromatic N) is 1. The van der Waals surface area contributed by atoms with Gasteiger partial charge in [-0.25, -0.2) is 4.39 Å². The largest absolute Gasteiger partial charge is 0.384 e. The summed E-state index contributed by atoms with van der Waals surface area (Å²) in [6.07, 6.45) is 0.147. The number of hydrogen-bond donors (Lipinski definition) is 4. The molecule has 0 bridgehead atoms. The summed E-state index contributed by atoms with van der Waals surface area (Å²) in [6, 6.07) is 14.0. The molecule has 5 rings (SSSR count). The molecule has 0 aliphatic carbocycles. The average molecular weight is 566 g/mol. The first-order valence-corrected chi connectivity index (χ1v) is 13.5. The second-order valence-corrected chi connectivity index (χ2v) is 10.5. The van der Waals surface area contributed by atoms with Crippen molar-refractivity contribution >= 4 is 34.9 Å². The van der Waals surface area contributed by atoms with Gasteiger partial charge in [-0.3, -0.25) is 19.8 Å². The van der Waals surface area contributed by atoms with E-state index >= 15 is 0 Å². The summed E-state index contributed by atoms with van der Waals surface area (Å²) in [5, 5.41) is 14.6. The highest BCUT2D eigenvalue weighted by Gasteiger charge is 2.52. The number of nitrogen functional groups attached to an aromatic ring is 1. The molecule has 1 spiro atoms. The molecule has 0 radical (unpaired) electrons. The first kappa shape index (κ1) is 27.4. The van der Waals surface area contributed by atoms with Gasteiger partial charge in [0.2, 0.25) is 11.8 Å². The Morgan fingerprint density at radius 2 is 1.82 bits per heavy atom. The van der Waals surface area contributed by atoms with Crippen LogP contribution in [0.1, 0.15) is 27.2 Å². The van der Waals surface area contributed by atoms with Gasteiger partial charge in [0.1, 0.15) is 17.7 Å². The molecular weight excluding hydrogens is 537 g/mol. The zero-order valence-electron chi connectivity index (χ0n) is 21.4.